The summed E-state index contributed by atoms with van der Waals surface area (Å²) in [5.74, 6) is 0. The molecule has 2 aliphatic carbocycles. The molecule has 0 radical (unpaired) electrons. The molecule has 0 aliphatic heterocycles. The predicted molar refractivity (Wildman–Crippen MR) is 91.6 cm³/mol. The number of carbonyl (C=O) groups is 1. The van der Waals surface area contributed by atoms with Gasteiger partial charge in [-0.1, -0.05) is 0 Å². The second-order valence-electron chi connectivity index (χ2n) is 8.33. The molecule has 2 atom stereocenters. The monoisotopic (exact) mass is 326 g/mol. The van der Waals surface area contributed by atoms with Crippen LogP contribution < -0.4 is 10.6 Å². The Balaban J connectivity index is 1.70. The summed E-state index contributed by atoms with van der Waals surface area (Å²) in [6, 6.07) is 0.730. The third-order valence-electron chi connectivity index (χ3n) is 4.95. The summed E-state index contributed by atoms with van der Waals surface area (Å²) in [6.07, 6.45) is 7.90. The van der Waals surface area contributed by atoms with Crippen LogP contribution in [0, 0.1) is 5.41 Å². The van der Waals surface area contributed by atoms with E-state index in [4.69, 9.17) is 9.47 Å². The zero-order valence-electron chi connectivity index (χ0n) is 15.2. The third-order valence-corrected chi connectivity index (χ3v) is 4.95. The summed E-state index contributed by atoms with van der Waals surface area (Å²) in [7, 11) is 1.78. The highest BCUT2D eigenvalue weighted by atomic mass is 16.6. The molecule has 134 valence electrons. The van der Waals surface area contributed by atoms with Crippen molar-refractivity contribution in [1.82, 2.24) is 10.6 Å². The molecule has 0 aromatic carbocycles. The first-order valence-corrected chi connectivity index (χ1v) is 9.04. The molecule has 0 spiro atoms. The SMILES string of the molecule is COCCC1(CNC2CCCC(NC(=O)OC(C)(C)C)C2)CC1. The van der Waals surface area contributed by atoms with Crippen molar-refractivity contribution in [2.75, 3.05) is 20.3 Å². The van der Waals surface area contributed by atoms with Crippen molar-refractivity contribution in [1.29, 1.82) is 0 Å². The van der Waals surface area contributed by atoms with E-state index in [2.05, 4.69) is 10.6 Å². The van der Waals surface area contributed by atoms with Crippen LogP contribution in [0.4, 0.5) is 4.79 Å². The number of ether oxygens (including phenoxy) is 2. The molecule has 5 nitrogen and oxygen atoms in total. The molecule has 2 rings (SSSR count). The number of alkyl carbamates (subject to hydrolysis) is 1. The first-order valence-electron chi connectivity index (χ1n) is 9.04. The van der Waals surface area contributed by atoms with Crippen molar-refractivity contribution >= 4 is 6.09 Å². The van der Waals surface area contributed by atoms with E-state index in [0.29, 0.717) is 11.5 Å². The minimum atomic E-state index is -0.434. The summed E-state index contributed by atoms with van der Waals surface area (Å²) in [5, 5.41) is 6.77. The predicted octanol–water partition coefficient (Wildman–Crippen LogP) is 3.23. The second-order valence-corrected chi connectivity index (χ2v) is 8.33. The number of hydrogen-bond acceptors (Lipinski definition) is 4. The maximum absolute atomic E-state index is 11.9. The molecule has 2 fully saturated rings. The molecule has 0 aromatic heterocycles. The number of nitrogens with one attached hydrogen (secondary N) is 2. The largest absolute Gasteiger partial charge is 0.444 e. The summed E-state index contributed by atoms with van der Waals surface area (Å²) in [6.45, 7) is 7.63. The van der Waals surface area contributed by atoms with E-state index >= 15 is 0 Å². The Labute approximate surface area is 140 Å². The van der Waals surface area contributed by atoms with E-state index < -0.39 is 5.60 Å². The minimum absolute atomic E-state index is 0.227. The Bertz CT molecular complexity index is 388. The molecule has 2 N–H and O–H groups in total. The van der Waals surface area contributed by atoms with Crippen LogP contribution >= 0.6 is 0 Å². The van der Waals surface area contributed by atoms with Gasteiger partial charge in [0.1, 0.15) is 5.60 Å². The van der Waals surface area contributed by atoms with Crippen molar-refractivity contribution in [2.24, 2.45) is 5.41 Å². The first-order chi connectivity index (χ1) is 10.8. The Morgan fingerprint density at radius 2 is 1.91 bits per heavy atom. The lowest BCUT2D eigenvalue weighted by atomic mass is 9.90. The highest BCUT2D eigenvalue weighted by Gasteiger charge is 2.42. The molecule has 0 saturated heterocycles. The van der Waals surface area contributed by atoms with Crippen LogP contribution in [0.3, 0.4) is 0 Å². The van der Waals surface area contributed by atoms with Crippen LogP contribution in [0.2, 0.25) is 0 Å². The van der Waals surface area contributed by atoms with Gasteiger partial charge in [0.15, 0.2) is 0 Å². The lowest BCUT2D eigenvalue weighted by Gasteiger charge is -2.32. The fraction of sp³-hybridized carbons (Fsp3) is 0.944. The maximum atomic E-state index is 11.9. The number of rotatable bonds is 7. The second kappa shape index (κ2) is 7.84. The average molecular weight is 326 g/mol. The van der Waals surface area contributed by atoms with E-state index in [9.17, 15) is 4.79 Å². The van der Waals surface area contributed by atoms with Gasteiger partial charge in [0.25, 0.3) is 0 Å². The Morgan fingerprint density at radius 3 is 2.52 bits per heavy atom. The Morgan fingerprint density at radius 1 is 1.22 bits per heavy atom. The lowest BCUT2D eigenvalue weighted by Crippen LogP contribution is -2.46. The van der Waals surface area contributed by atoms with Crippen molar-refractivity contribution in [2.45, 2.75) is 83.4 Å². The number of methoxy groups -OCH3 is 1. The zero-order chi connectivity index (χ0) is 16.9. The van der Waals surface area contributed by atoms with Gasteiger partial charge in [0, 0.05) is 32.3 Å². The standard InChI is InChI=1S/C18H34N2O3/c1-17(2,3)23-16(21)20-15-7-5-6-14(12-15)19-13-18(8-9-18)10-11-22-4/h14-15,19H,5-13H2,1-4H3,(H,20,21). The summed E-state index contributed by atoms with van der Waals surface area (Å²) in [4.78, 5) is 11.9. The average Bonchev–Trinajstić information content (AvgIpc) is 3.22. The summed E-state index contributed by atoms with van der Waals surface area (Å²) < 4.78 is 10.6. The summed E-state index contributed by atoms with van der Waals surface area (Å²) >= 11 is 0. The molecule has 2 saturated carbocycles. The van der Waals surface area contributed by atoms with Gasteiger partial charge in [0.05, 0.1) is 0 Å². The zero-order valence-corrected chi connectivity index (χ0v) is 15.2. The van der Waals surface area contributed by atoms with Crippen molar-refractivity contribution in [3.05, 3.63) is 0 Å². The molecule has 1 amide bonds. The van der Waals surface area contributed by atoms with Crippen LogP contribution in [0.1, 0.15) is 65.7 Å². The molecular formula is C18H34N2O3. The van der Waals surface area contributed by atoms with Crippen molar-refractivity contribution in [3.8, 4) is 0 Å². The molecule has 0 heterocycles. The van der Waals surface area contributed by atoms with E-state index in [0.717, 1.165) is 38.8 Å². The molecule has 0 bridgehead atoms. The highest BCUT2D eigenvalue weighted by Crippen LogP contribution is 2.48. The van der Waals surface area contributed by atoms with Gasteiger partial charge < -0.3 is 20.1 Å². The van der Waals surface area contributed by atoms with Gasteiger partial charge in [0.2, 0.25) is 0 Å². The van der Waals surface area contributed by atoms with E-state index in [1.165, 1.54) is 19.3 Å². The molecule has 0 aromatic rings. The molecule has 2 unspecified atom stereocenters. The molecule has 5 heteroatoms. The van der Waals surface area contributed by atoms with E-state index in [1.54, 1.807) is 7.11 Å². The number of hydrogen-bond donors (Lipinski definition) is 2. The Kier molecular flexibility index (Phi) is 6.32. The molecule has 23 heavy (non-hydrogen) atoms. The van der Waals surface area contributed by atoms with E-state index in [1.807, 2.05) is 20.8 Å². The number of amides is 1. The van der Waals surface area contributed by atoms with Gasteiger partial charge in [-0.05, 0) is 71.1 Å². The third kappa shape index (κ3) is 6.68. The fourth-order valence-electron chi connectivity index (χ4n) is 3.35. The number of carbonyl (C=O) groups excluding carboxylic acids is 1. The topological polar surface area (TPSA) is 59.6 Å². The minimum Gasteiger partial charge on any atom is -0.444 e. The molecular weight excluding hydrogens is 292 g/mol. The quantitative estimate of drug-likeness (QED) is 0.754. The smallest absolute Gasteiger partial charge is 0.407 e. The molecule has 2 aliphatic rings. The lowest BCUT2D eigenvalue weighted by molar-refractivity contribution is 0.0488. The Hall–Kier alpha value is -0.810. The van der Waals surface area contributed by atoms with Gasteiger partial charge in [-0.3, -0.25) is 0 Å². The van der Waals surface area contributed by atoms with E-state index in [-0.39, 0.29) is 12.1 Å². The normalized spacial score (nSPS) is 26.6. The van der Waals surface area contributed by atoms with Gasteiger partial charge in [-0.15, -0.1) is 0 Å². The van der Waals surface area contributed by atoms with Crippen LogP contribution in [0.25, 0.3) is 0 Å². The van der Waals surface area contributed by atoms with Gasteiger partial charge in [-0.2, -0.15) is 0 Å². The van der Waals surface area contributed by atoms with Crippen LogP contribution in [-0.4, -0.2) is 44.0 Å². The van der Waals surface area contributed by atoms with Crippen molar-refractivity contribution in [3.63, 3.8) is 0 Å². The maximum Gasteiger partial charge on any atom is 0.407 e. The fourth-order valence-corrected chi connectivity index (χ4v) is 3.35. The van der Waals surface area contributed by atoms with Crippen LogP contribution in [-0.2, 0) is 9.47 Å². The summed E-state index contributed by atoms with van der Waals surface area (Å²) in [5.41, 5.74) is 0.0393. The van der Waals surface area contributed by atoms with Crippen LogP contribution in [0.15, 0.2) is 0 Å². The van der Waals surface area contributed by atoms with Crippen LogP contribution in [0.5, 0.6) is 0 Å². The van der Waals surface area contributed by atoms with Gasteiger partial charge >= 0.3 is 6.09 Å². The van der Waals surface area contributed by atoms with Crippen molar-refractivity contribution < 1.29 is 14.3 Å². The van der Waals surface area contributed by atoms with Gasteiger partial charge in [-0.25, -0.2) is 4.79 Å². The first kappa shape index (κ1) is 18.5. The highest BCUT2D eigenvalue weighted by molar-refractivity contribution is 5.68.